The van der Waals surface area contributed by atoms with Crippen LogP contribution < -0.4 is 10.6 Å². The van der Waals surface area contributed by atoms with Crippen molar-refractivity contribution >= 4 is 55.7 Å². The number of rotatable bonds is 4. The minimum atomic E-state index is -0.755. The number of allylic oxidation sites excluding steroid dienone is 3. The third kappa shape index (κ3) is 3.86. The first-order chi connectivity index (χ1) is 16.3. The van der Waals surface area contributed by atoms with Crippen LogP contribution in [0.15, 0.2) is 65.0 Å². The summed E-state index contributed by atoms with van der Waals surface area (Å²) >= 11 is 7.39. The molecular formula is C24H19ClN4O4S. The van der Waals surface area contributed by atoms with Crippen molar-refractivity contribution < 1.29 is 14.5 Å². The van der Waals surface area contributed by atoms with E-state index in [-0.39, 0.29) is 16.5 Å². The lowest BCUT2D eigenvalue weighted by molar-refractivity contribution is -0.384. The summed E-state index contributed by atoms with van der Waals surface area (Å²) in [5.41, 5.74) is 3.11. The van der Waals surface area contributed by atoms with Gasteiger partial charge in [0.15, 0.2) is 10.9 Å². The molecule has 0 fully saturated rings. The lowest BCUT2D eigenvalue weighted by Gasteiger charge is -2.34. The topological polar surface area (TPSA) is 114 Å². The average Bonchev–Trinajstić information content (AvgIpc) is 3.20. The molecule has 2 N–H and O–H groups in total. The van der Waals surface area contributed by atoms with E-state index in [1.54, 1.807) is 13.0 Å². The number of nitrogens with one attached hydrogen (secondary N) is 2. The minimum absolute atomic E-state index is 0.00645. The molecule has 0 radical (unpaired) electrons. The van der Waals surface area contributed by atoms with Gasteiger partial charge in [-0.1, -0.05) is 41.1 Å². The van der Waals surface area contributed by atoms with Crippen LogP contribution in [0.3, 0.4) is 0 Å². The minimum Gasteiger partial charge on any atom is -0.362 e. The Morgan fingerprint density at radius 3 is 2.82 bits per heavy atom. The van der Waals surface area contributed by atoms with Gasteiger partial charge in [-0.15, -0.1) is 0 Å². The quantitative estimate of drug-likeness (QED) is 0.367. The number of Topliss-reactive ketones (excluding diaryl/α,β-unsaturated/α-hetero) is 1. The monoisotopic (exact) mass is 494 g/mol. The number of nitro groups is 1. The summed E-state index contributed by atoms with van der Waals surface area (Å²) in [6, 6.07) is 12.0. The first kappa shape index (κ1) is 22.2. The second-order valence-corrected chi connectivity index (χ2v) is 9.61. The Hall–Kier alpha value is -3.56. The lowest BCUT2D eigenvalue weighted by atomic mass is 9.75. The van der Waals surface area contributed by atoms with Crippen LogP contribution >= 0.6 is 22.9 Å². The molecule has 0 spiro atoms. The normalized spacial score (nSPS) is 18.1. The van der Waals surface area contributed by atoms with Crippen molar-refractivity contribution in [1.82, 2.24) is 10.3 Å². The Labute approximate surface area is 203 Å². The first-order valence-corrected chi connectivity index (χ1v) is 11.9. The van der Waals surface area contributed by atoms with Crippen LogP contribution in [0.4, 0.5) is 10.8 Å². The van der Waals surface area contributed by atoms with E-state index in [1.807, 2.05) is 24.3 Å². The zero-order valence-electron chi connectivity index (χ0n) is 18.1. The number of dihydropyridines is 1. The summed E-state index contributed by atoms with van der Waals surface area (Å²) in [4.78, 5) is 42.0. The van der Waals surface area contributed by atoms with Gasteiger partial charge in [0.25, 0.3) is 11.6 Å². The molecule has 1 atom stereocenters. The SMILES string of the molecule is CC1=C(C(=O)Nc2nc3ccccc3s2)C(c2ccc(Cl)c([N+](=O)[O-])c2)C2=C(CCCC2=O)N1. The molecule has 0 saturated carbocycles. The van der Waals surface area contributed by atoms with E-state index in [0.29, 0.717) is 46.8 Å². The maximum Gasteiger partial charge on any atom is 0.288 e. The van der Waals surface area contributed by atoms with Gasteiger partial charge in [-0.05, 0) is 43.5 Å². The predicted octanol–water partition coefficient (Wildman–Crippen LogP) is 5.46. The fourth-order valence-corrected chi connectivity index (χ4v) is 5.60. The fraction of sp³-hybridized carbons (Fsp3) is 0.208. The van der Waals surface area contributed by atoms with Gasteiger partial charge >= 0.3 is 0 Å². The van der Waals surface area contributed by atoms with Crippen molar-refractivity contribution in [1.29, 1.82) is 0 Å². The van der Waals surface area contributed by atoms with E-state index in [2.05, 4.69) is 15.6 Å². The standard InChI is InChI=1S/C24H19ClN4O4S/c1-12-20(23(31)28-24-27-15-5-2-3-8-19(15)34-24)21(22-16(26-12)6-4-7-18(22)30)13-9-10-14(25)17(11-13)29(32)33/h2-3,5,8-11,21,26H,4,6-7H2,1H3,(H,27,28,31). The lowest BCUT2D eigenvalue weighted by Crippen LogP contribution is -2.35. The van der Waals surface area contributed by atoms with Crippen molar-refractivity contribution in [2.45, 2.75) is 32.1 Å². The number of hydrogen-bond donors (Lipinski definition) is 2. The molecular weight excluding hydrogens is 476 g/mol. The van der Waals surface area contributed by atoms with E-state index in [9.17, 15) is 19.7 Å². The molecule has 2 aliphatic rings. The van der Waals surface area contributed by atoms with Crippen molar-refractivity contribution in [2.24, 2.45) is 0 Å². The predicted molar refractivity (Wildman–Crippen MR) is 131 cm³/mol. The van der Waals surface area contributed by atoms with Crippen molar-refractivity contribution in [3.05, 3.63) is 85.7 Å². The number of nitro benzene ring substituents is 1. The molecule has 8 nitrogen and oxygen atoms in total. The van der Waals surface area contributed by atoms with Gasteiger partial charge in [0.2, 0.25) is 0 Å². The summed E-state index contributed by atoms with van der Waals surface area (Å²) < 4.78 is 0.933. The van der Waals surface area contributed by atoms with Crippen LogP contribution in [0.2, 0.25) is 5.02 Å². The van der Waals surface area contributed by atoms with E-state index >= 15 is 0 Å². The molecule has 172 valence electrons. The molecule has 2 aromatic carbocycles. The van der Waals surface area contributed by atoms with Crippen LogP contribution in [0, 0.1) is 10.1 Å². The zero-order valence-corrected chi connectivity index (χ0v) is 19.6. The number of benzene rings is 2. The number of amides is 1. The number of carbonyl (C=O) groups excluding carboxylic acids is 2. The number of anilines is 1. The van der Waals surface area contributed by atoms with E-state index in [0.717, 1.165) is 15.9 Å². The largest absolute Gasteiger partial charge is 0.362 e. The third-order valence-corrected chi connectivity index (χ3v) is 7.31. The molecule has 1 amide bonds. The van der Waals surface area contributed by atoms with Crippen LogP contribution in [-0.4, -0.2) is 21.6 Å². The van der Waals surface area contributed by atoms with Gasteiger partial charge in [0.05, 0.1) is 15.1 Å². The Bertz CT molecular complexity index is 1410. The number of aromatic nitrogens is 1. The van der Waals surface area contributed by atoms with E-state index in [1.165, 1.54) is 23.5 Å². The number of ketones is 1. The van der Waals surface area contributed by atoms with Gasteiger partial charge in [-0.25, -0.2) is 4.98 Å². The summed E-state index contributed by atoms with van der Waals surface area (Å²) in [6.07, 6.45) is 1.73. The highest BCUT2D eigenvalue weighted by Gasteiger charge is 2.39. The van der Waals surface area contributed by atoms with Crippen molar-refractivity contribution in [3.8, 4) is 0 Å². The number of nitrogens with zero attached hydrogens (tertiary/aromatic N) is 2. The highest BCUT2D eigenvalue weighted by molar-refractivity contribution is 7.22. The highest BCUT2D eigenvalue weighted by Crippen LogP contribution is 2.44. The molecule has 1 aliphatic carbocycles. The molecule has 2 heterocycles. The Morgan fingerprint density at radius 2 is 2.06 bits per heavy atom. The maximum atomic E-state index is 13.6. The van der Waals surface area contributed by atoms with Crippen LogP contribution in [0.5, 0.6) is 0 Å². The molecule has 5 rings (SSSR count). The number of fused-ring (bicyclic) bond motifs is 1. The van der Waals surface area contributed by atoms with Crippen molar-refractivity contribution in [3.63, 3.8) is 0 Å². The first-order valence-electron chi connectivity index (χ1n) is 10.7. The van der Waals surface area contributed by atoms with Gasteiger partial charge in [-0.3, -0.25) is 25.0 Å². The van der Waals surface area contributed by atoms with Crippen LogP contribution in [0.1, 0.15) is 37.7 Å². The molecule has 0 bridgehead atoms. The zero-order chi connectivity index (χ0) is 24.0. The van der Waals surface area contributed by atoms with Gasteiger partial charge < -0.3 is 5.32 Å². The Balaban J connectivity index is 1.60. The smallest absolute Gasteiger partial charge is 0.288 e. The number of para-hydroxylation sites is 1. The summed E-state index contributed by atoms with van der Waals surface area (Å²) in [5, 5.41) is 18.1. The molecule has 3 aromatic rings. The van der Waals surface area contributed by atoms with Crippen LogP contribution in [-0.2, 0) is 9.59 Å². The highest BCUT2D eigenvalue weighted by atomic mass is 35.5. The molecule has 1 aromatic heterocycles. The second-order valence-electron chi connectivity index (χ2n) is 8.17. The fourth-order valence-electron chi connectivity index (χ4n) is 4.56. The van der Waals surface area contributed by atoms with Gasteiger partial charge in [0, 0.05) is 40.9 Å². The molecule has 34 heavy (non-hydrogen) atoms. The summed E-state index contributed by atoms with van der Waals surface area (Å²) in [6.45, 7) is 1.77. The number of halogens is 1. The van der Waals surface area contributed by atoms with E-state index < -0.39 is 16.7 Å². The molecule has 1 unspecified atom stereocenters. The van der Waals surface area contributed by atoms with E-state index in [4.69, 9.17) is 11.6 Å². The van der Waals surface area contributed by atoms with Gasteiger partial charge in [-0.2, -0.15) is 0 Å². The maximum absolute atomic E-state index is 13.6. The van der Waals surface area contributed by atoms with Gasteiger partial charge in [0.1, 0.15) is 5.02 Å². The second kappa shape index (κ2) is 8.66. The number of thiazole rings is 1. The molecule has 10 heteroatoms. The Kier molecular flexibility index (Phi) is 5.66. The summed E-state index contributed by atoms with van der Waals surface area (Å²) in [5.74, 6) is -1.25. The Morgan fingerprint density at radius 1 is 1.26 bits per heavy atom. The van der Waals surface area contributed by atoms with Crippen LogP contribution in [0.25, 0.3) is 10.2 Å². The third-order valence-electron chi connectivity index (χ3n) is 6.04. The summed E-state index contributed by atoms with van der Waals surface area (Å²) in [7, 11) is 0. The molecule has 0 saturated heterocycles. The van der Waals surface area contributed by atoms with Crippen molar-refractivity contribution in [2.75, 3.05) is 5.32 Å². The molecule has 1 aliphatic heterocycles. The number of carbonyl (C=O) groups is 2. The number of hydrogen-bond acceptors (Lipinski definition) is 7. The average molecular weight is 495 g/mol.